The lowest BCUT2D eigenvalue weighted by atomic mass is 9.96. The summed E-state index contributed by atoms with van der Waals surface area (Å²) >= 11 is 0. The van der Waals surface area contributed by atoms with Gasteiger partial charge in [-0.05, 0) is 49.6 Å². The Labute approximate surface area is 167 Å². The summed E-state index contributed by atoms with van der Waals surface area (Å²) in [6, 6.07) is 8.47. The number of hydrogen-bond acceptors (Lipinski definition) is 5. The second-order valence-corrected chi connectivity index (χ2v) is 7.13. The van der Waals surface area contributed by atoms with E-state index < -0.39 is 11.7 Å². The lowest BCUT2D eigenvalue weighted by Crippen LogP contribution is -2.40. The molecule has 7 heteroatoms. The number of nitrogens with one attached hydrogen (secondary N) is 1. The first-order chi connectivity index (χ1) is 14.1. The Morgan fingerprint density at radius 1 is 1.34 bits per heavy atom. The Hall–Kier alpha value is -3.06. The highest BCUT2D eigenvalue weighted by atomic mass is 19.1. The average Bonchev–Trinajstić information content (AvgIpc) is 3.14. The molecule has 1 atom stereocenters. The van der Waals surface area contributed by atoms with Crippen molar-refractivity contribution in [3.8, 4) is 11.5 Å². The molecule has 2 heterocycles. The molecule has 1 amide bonds. The zero-order valence-electron chi connectivity index (χ0n) is 16.2. The third kappa shape index (κ3) is 3.78. The molecule has 152 valence electrons. The van der Waals surface area contributed by atoms with Gasteiger partial charge in [0.15, 0.2) is 22.9 Å². The number of primary amides is 1. The molecule has 29 heavy (non-hydrogen) atoms. The van der Waals surface area contributed by atoms with Crippen molar-refractivity contribution in [2.75, 3.05) is 20.3 Å². The number of rotatable bonds is 7. The van der Waals surface area contributed by atoms with Crippen LogP contribution in [0.4, 0.5) is 4.39 Å². The normalized spacial score (nSPS) is 15.7. The van der Waals surface area contributed by atoms with E-state index in [1.807, 2.05) is 18.2 Å². The van der Waals surface area contributed by atoms with Crippen LogP contribution in [0.3, 0.4) is 0 Å². The largest absolute Gasteiger partial charge is 0.493 e. The summed E-state index contributed by atoms with van der Waals surface area (Å²) in [5.41, 5.74) is 8.16. The van der Waals surface area contributed by atoms with E-state index in [9.17, 15) is 9.18 Å². The van der Waals surface area contributed by atoms with Crippen molar-refractivity contribution in [3.63, 3.8) is 0 Å². The van der Waals surface area contributed by atoms with Gasteiger partial charge in [0.05, 0.1) is 13.4 Å². The average molecular weight is 398 g/mol. The van der Waals surface area contributed by atoms with Gasteiger partial charge in [-0.2, -0.15) is 0 Å². The van der Waals surface area contributed by atoms with E-state index in [2.05, 4.69) is 5.32 Å². The monoisotopic (exact) mass is 398 g/mol. The zero-order valence-corrected chi connectivity index (χ0v) is 16.2. The van der Waals surface area contributed by atoms with Crippen molar-refractivity contribution < 1.29 is 23.1 Å². The number of aryl methyl sites for hydroxylation is 1. The van der Waals surface area contributed by atoms with Gasteiger partial charge in [0.1, 0.15) is 6.61 Å². The minimum Gasteiger partial charge on any atom is -0.493 e. The van der Waals surface area contributed by atoms with E-state index in [1.54, 1.807) is 13.4 Å². The van der Waals surface area contributed by atoms with Gasteiger partial charge < -0.3 is 24.9 Å². The SMILES string of the molecule is COc1cccc2c(CCCNC3COc4c(F)ccc(C(N)=O)c4C3)coc12. The molecular formula is C22H23FN2O4. The van der Waals surface area contributed by atoms with Crippen molar-refractivity contribution in [1.29, 1.82) is 0 Å². The molecule has 1 aliphatic rings. The second kappa shape index (κ2) is 8.13. The molecule has 0 fully saturated rings. The van der Waals surface area contributed by atoms with Crippen LogP contribution in [0.25, 0.3) is 11.0 Å². The van der Waals surface area contributed by atoms with Gasteiger partial charge in [0, 0.05) is 22.6 Å². The van der Waals surface area contributed by atoms with Gasteiger partial charge in [-0.15, -0.1) is 0 Å². The number of halogens is 1. The topological polar surface area (TPSA) is 86.7 Å². The van der Waals surface area contributed by atoms with Crippen LogP contribution in [0.15, 0.2) is 41.0 Å². The molecule has 1 unspecified atom stereocenters. The molecule has 0 spiro atoms. The van der Waals surface area contributed by atoms with Crippen LogP contribution in [0.2, 0.25) is 0 Å². The van der Waals surface area contributed by atoms with E-state index in [1.165, 1.54) is 12.1 Å². The van der Waals surface area contributed by atoms with E-state index in [0.717, 1.165) is 41.7 Å². The van der Waals surface area contributed by atoms with E-state index >= 15 is 0 Å². The fraction of sp³-hybridized carbons (Fsp3) is 0.318. The first-order valence-corrected chi connectivity index (χ1v) is 9.59. The molecule has 0 aliphatic carbocycles. The summed E-state index contributed by atoms with van der Waals surface area (Å²) in [7, 11) is 1.63. The Morgan fingerprint density at radius 2 is 2.21 bits per heavy atom. The summed E-state index contributed by atoms with van der Waals surface area (Å²) < 4.78 is 30.5. The van der Waals surface area contributed by atoms with Gasteiger partial charge in [-0.25, -0.2) is 4.39 Å². The van der Waals surface area contributed by atoms with Crippen molar-refractivity contribution in [3.05, 3.63) is 59.1 Å². The van der Waals surface area contributed by atoms with Crippen LogP contribution >= 0.6 is 0 Å². The lowest BCUT2D eigenvalue weighted by Gasteiger charge is -2.27. The number of benzene rings is 2. The highest BCUT2D eigenvalue weighted by Crippen LogP contribution is 2.32. The van der Waals surface area contributed by atoms with Crippen molar-refractivity contribution >= 4 is 16.9 Å². The third-order valence-electron chi connectivity index (χ3n) is 5.28. The van der Waals surface area contributed by atoms with Crippen LogP contribution in [0, 0.1) is 5.82 Å². The Bertz CT molecular complexity index is 1050. The summed E-state index contributed by atoms with van der Waals surface area (Å²) in [6.45, 7) is 1.10. The molecule has 6 nitrogen and oxygen atoms in total. The molecule has 0 radical (unpaired) electrons. The number of methoxy groups -OCH3 is 1. The van der Waals surface area contributed by atoms with Crippen molar-refractivity contribution in [2.24, 2.45) is 5.73 Å². The Kier molecular flexibility index (Phi) is 5.40. The minimum atomic E-state index is -0.576. The van der Waals surface area contributed by atoms with Gasteiger partial charge in [-0.3, -0.25) is 4.79 Å². The Balaban J connectivity index is 1.36. The third-order valence-corrected chi connectivity index (χ3v) is 5.28. The zero-order chi connectivity index (χ0) is 20.4. The number of carbonyl (C=O) groups is 1. The summed E-state index contributed by atoms with van der Waals surface area (Å²) in [6.07, 6.45) is 4.01. The molecule has 2 aromatic carbocycles. The van der Waals surface area contributed by atoms with E-state index in [4.69, 9.17) is 19.6 Å². The van der Waals surface area contributed by atoms with Gasteiger partial charge in [0.25, 0.3) is 0 Å². The number of ether oxygens (including phenoxy) is 2. The maximum atomic E-state index is 14.0. The molecule has 3 aromatic rings. The number of carbonyl (C=O) groups excluding carboxylic acids is 1. The van der Waals surface area contributed by atoms with Crippen LogP contribution < -0.4 is 20.5 Å². The van der Waals surface area contributed by atoms with Crippen molar-refractivity contribution in [2.45, 2.75) is 25.3 Å². The van der Waals surface area contributed by atoms with Crippen LogP contribution in [-0.2, 0) is 12.8 Å². The summed E-state index contributed by atoms with van der Waals surface area (Å²) in [5.74, 6) is -0.181. The number of nitrogens with two attached hydrogens (primary N) is 1. The van der Waals surface area contributed by atoms with E-state index in [-0.39, 0.29) is 11.8 Å². The standard InChI is InChI=1S/C22H23FN2O4/c1-27-19-6-2-5-15-13(11-28-21(15)19)4-3-9-25-14-10-17-16(22(24)26)7-8-18(23)20(17)29-12-14/h2,5-8,11,14,25H,3-4,9-10,12H2,1H3,(H2,24,26). The fourth-order valence-electron chi connectivity index (χ4n) is 3.83. The molecule has 0 bridgehead atoms. The summed E-state index contributed by atoms with van der Waals surface area (Å²) in [4.78, 5) is 11.6. The van der Waals surface area contributed by atoms with Crippen molar-refractivity contribution in [1.82, 2.24) is 5.32 Å². The predicted octanol–water partition coefficient (Wildman–Crippen LogP) is 3.21. The molecule has 1 aliphatic heterocycles. The molecule has 0 saturated heterocycles. The number of hydrogen-bond donors (Lipinski definition) is 2. The fourth-order valence-corrected chi connectivity index (χ4v) is 3.83. The first-order valence-electron chi connectivity index (χ1n) is 9.59. The minimum absolute atomic E-state index is 0.0106. The maximum absolute atomic E-state index is 14.0. The highest BCUT2D eigenvalue weighted by molar-refractivity contribution is 5.95. The number of furan rings is 1. The summed E-state index contributed by atoms with van der Waals surface area (Å²) in [5, 5.41) is 4.48. The molecule has 3 N–H and O–H groups in total. The molecule has 1 aromatic heterocycles. The highest BCUT2D eigenvalue weighted by Gasteiger charge is 2.26. The number of para-hydroxylation sites is 1. The van der Waals surface area contributed by atoms with Crippen LogP contribution in [0.5, 0.6) is 11.5 Å². The van der Waals surface area contributed by atoms with E-state index in [0.29, 0.717) is 24.2 Å². The quantitative estimate of drug-likeness (QED) is 0.597. The molecular weight excluding hydrogens is 375 g/mol. The molecule has 0 saturated carbocycles. The molecule has 4 rings (SSSR count). The smallest absolute Gasteiger partial charge is 0.249 e. The maximum Gasteiger partial charge on any atom is 0.249 e. The van der Waals surface area contributed by atoms with Gasteiger partial charge >= 0.3 is 0 Å². The second-order valence-electron chi connectivity index (χ2n) is 7.13. The first kappa shape index (κ1) is 19.3. The van der Waals surface area contributed by atoms with Gasteiger partial charge in [-0.1, -0.05) is 12.1 Å². The Morgan fingerprint density at radius 3 is 3.00 bits per heavy atom. The lowest BCUT2D eigenvalue weighted by molar-refractivity contribution is 0.0997. The number of amides is 1. The predicted molar refractivity (Wildman–Crippen MR) is 107 cm³/mol. The number of fused-ring (bicyclic) bond motifs is 2. The van der Waals surface area contributed by atoms with Crippen LogP contribution in [-0.4, -0.2) is 32.2 Å². The van der Waals surface area contributed by atoms with Crippen LogP contribution in [0.1, 0.15) is 27.9 Å². The van der Waals surface area contributed by atoms with Gasteiger partial charge in [0.2, 0.25) is 5.91 Å².